The fourth-order valence-electron chi connectivity index (χ4n) is 3.34. The van der Waals surface area contributed by atoms with Crippen molar-refractivity contribution in [1.29, 1.82) is 0 Å². The molecule has 3 N–H and O–H groups in total. The van der Waals surface area contributed by atoms with Crippen molar-refractivity contribution >= 4 is 22.6 Å². The number of carboxylic acids is 1. The van der Waals surface area contributed by atoms with Gasteiger partial charge in [-0.25, -0.2) is 9.78 Å². The van der Waals surface area contributed by atoms with Crippen LogP contribution in [0.25, 0.3) is 10.9 Å². The molecule has 1 heterocycles. The number of halogens is 3. The van der Waals surface area contributed by atoms with E-state index in [9.17, 15) is 22.8 Å². The van der Waals surface area contributed by atoms with Crippen LogP contribution < -0.4 is 10.9 Å². The maximum atomic E-state index is 13.9. The molecule has 0 aliphatic carbocycles. The van der Waals surface area contributed by atoms with Crippen LogP contribution >= 0.6 is 0 Å². The second-order valence-corrected chi connectivity index (χ2v) is 7.55. The normalized spacial score (nSPS) is 12.9. The lowest BCUT2D eigenvalue weighted by molar-refractivity contribution is -0.138. The highest BCUT2D eigenvalue weighted by Crippen LogP contribution is 2.38. The molecule has 0 spiro atoms. The number of rotatable bonds is 6. The van der Waals surface area contributed by atoms with Gasteiger partial charge in [0.25, 0.3) is 5.56 Å². The highest BCUT2D eigenvalue weighted by molar-refractivity contribution is 5.88. The Labute approximate surface area is 176 Å². The van der Waals surface area contributed by atoms with Crippen LogP contribution in [0.1, 0.15) is 66.5 Å². The number of aromatic carboxylic acids is 1. The van der Waals surface area contributed by atoms with Crippen molar-refractivity contribution in [1.82, 2.24) is 9.97 Å². The minimum atomic E-state index is -4.64. The number of aromatic amines is 1. The summed E-state index contributed by atoms with van der Waals surface area (Å²) in [4.78, 5) is 30.4. The van der Waals surface area contributed by atoms with Crippen LogP contribution in [0.5, 0.6) is 0 Å². The molecule has 0 aliphatic heterocycles. The standard InChI is InChI=1S/C22H22F3N3O3/c1-4-17(26-13-7-5-12(6-8-13)21(30)31)14-9-15-18(10-16(14)22(23,24)25)27-19(11(2)3)28-20(15)29/h5-11,17,26H,4H2,1-3H3,(H,30,31)(H,27,28,29)/t17-/m0/s1. The maximum absolute atomic E-state index is 13.9. The number of benzene rings is 2. The fraction of sp³-hybridized carbons (Fsp3) is 0.318. The summed E-state index contributed by atoms with van der Waals surface area (Å²) < 4.78 is 41.7. The van der Waals surface area contributed by atoms with Gasteiger partial charge in [0.1, 0.15) is 5.82 Å². The lowest BCUT2D eigenvalue weighted by Gasteiger charge is -2.23. The molecule has 6 nitrogen and oxygen atoms in total. The molecule has 0 fully saturated rings. The zero-order chi connectivity index (χ0) is 22.9. The minimum absolute atomic E-state index is 0.0100. The van der Waals surface area contributed by atoms with Gasteiger partial charge in [0.15, 0.2) is 0 Å². The Balaban J connectivity index is 2.13. The average molecular weight is 433 g/mol. The van der Waals surface area contributed by atoms with E-state index in [4.69, 9.17) is 5.11 Å². The van der Waals surface area contributed by atoms with E-state index in [1.54, 1.807) is 20.8 Å². The topological polar surface area (TPSA) is 95.1 Å². The number of hydrogen-bond acceptors (Lipinski definition) is 4. The number of hydrogen-bond donors (Lipinski definition) is 3. The second-order valence-electron chi connectivity index (χ2n) is 7.55. The molecule has 0 unspecified atom stereocenters. The molecule has 31 heavy (non-hydrogen) atoms. The van der Waals surface area contributed by atoms with Gasteiger partial charge < -0.3 is 15.4 Å². The summed E-state index contributed by atoms with van der Waals surface area (Å²) in [6, 6.07) is 7.10. The first kappa shape index (κ1) is 22.3. The zero-order valence-corrected chi connectivity index (χ0v) is 17.2. The van der Waals surface area contributed by atoms with Gasteiger partial charge in [-0.2, -0.15) is 13.2 Å². The Kier molecular flexibility index (Phi) is 6.06. The summed E-state index contributed by atoms with van der Waals surface area (Å²) in [6.45, 7) is 5.30. The molecule has 0 amide bonds. The van der Waals surface area contributed by atoms with Crippen LogP contribution in [0.3, 0.4) is 0 Å². The van der Waals surface area contributed by atoms with E-state index in [0.717, 1.165) is 6.07 Å². The zero-order valence-electron chi connectivity index (χ0n) is 17.2. The van der Waals surface area contributed by atoms with Gasteiger partial charge in [-0.3, -0.25) is 4.79 Å². The van der Waals surface area contributed by atoms with Crippen molar-refractivity contribution in [2.24, 2.45) is 0 Å². The number of nitrogens with zero attached hydrogens (tertiary/aromatic N) is 1. The molecule has 1 atom stereocenters. The Hall–Kier alpha value is -3.36. The van der Waals surface area contributed by atoms with E-state index >= 15 is 0 Å². The van der Waals surface area contributed by atoms with Crippen molar-refractivity contribution in [2.75, 3.05) is 5.32 Å². The Bertz CT molecular complexity index is 1170. The van der Waals surface area contributed by atoms with Gasteiger partial charge in [-0.05, 0) is 48.4 Å². The lowest BCUT2D eigenvalue weighted by atomic mass is 9.95. The number of carbonyl (C=O) groups is 1. The van der Waals surface area contributed by atoms with Crippen molar-refractivity contribution in [2.45, 2.75) is 45.3 Å². The second kappa shape index (κ2) is 8.41. The lowest BCUT2D eigenvalue weighted by Crippen LogP contribution is -2.20. The molecule has 0 saturated carbocycles. The van der Waals surface area contributed by atoms with E-state index in [0.29, 0.717) is 17.9 Å². The summed E-state index contributed by atoms with van der Waals surface area (Å²) in [7, 11) is 0. The summed E-state index contributed by atoms with van der Waals surface area (Å²) in [5, 5.41) is 12.1. The van der Waals surface area contributed by atoms with Crippen LogP contribution in [0.15, 0.2) is 41.2 Å². The highest BCUT2D eigenvalue weighted by atomic mass is 19.4. The monoisotopic (exact) mass is 433 g/mol. The van der Waals surface area contributed by atoms with Crippen LogP contribution in [0.2, 0.25) is 0 Å². The van der Waals surface area contributed by atoms with Gasteiger partial charge in [0.05, 0.1) is 28.1 Å². The molecule has 0 bridgehead atoms. The number of anilines is 1. The Morgan fingerprint density at radius 1 is 1.19 bits per heavy atom. The van der Waals surface area contributed by atoms with E-state index in [1.165, 1.54) is 30.3 Å². The summed E-state index contributed by atoms with van der Waals surface area (Å²) in [5.41, 5.74) is -0.914. The average Bonchev–Trinajstić information content (AvgIpc) is 2.70. The van der Waals surface area contributed by atoms with Gasteiger partial charge in [0, 0.05) is 11.6 Å². The number of carboxylic acid groups (broad SMARTS) is 1. The molecule has 164 valence electrons. The first-order valence-electron chi connectivity index (χ1n) is 9.76. The van der Waals surface area contributed by atoms with E-state index in [-0.39, 0.29) is 27.9 Å². The third kappa shape index (κ3) is 4.70. The molecule has 9 heteroatoms. The number of fused-ring (bicyclic) bond motifs is 1. The number of alkyl halides is 3. The molecule has 1 aromatic heterocycles. The predicted octanol–water partition coefficient (Wildman–Crippen LogP) is 5.33. The van der Waals surface area contributed by atoms with E-state index < -0.39 is 29.3 Å². The van der Waals surface area contributed by atoms with Crippen LogP contribution in [0, 0.1) is 0 Å². The van der Waals surface area contributed by atoms with Crippen molar-refractivity contribution in [3.8, 4) is 0 Å². The third-order valence-electron chi connectivity index (χ3n) is 5.00. The van der Waals surface area contributed by atoms with Crippen molar-refractivity contribution in [3.05, 3.63) is 69.3 Å². The number of nitrogens with one attached hydrogen (secondary N) is 2. The molecular weight excluding hydrogens is 411 g/mol. The van der Waals surface area contributed by atoms with Crippen LogP contribution in [0.4, 0.5) is 18.9 Å². The maximum Gasteiger partial charge on any atom is 0.416 e. The third-order valence-corrected chi connectivity index (χ3v) is 5.00. The summed E-state index contributed by atoms with van der Waals surface area (Å²) in [6.07, 6.45) is -4.35. The van der Waals surface area contributed by atoms with Crippen molar-refractivity contribution in [3.63, 3.8) is 0 Å². The summed E-state index contributed by atoms with van der Waals surface area (Å²) >= 11 is 0. The predicted molar refractivity (Wildman–Crippen MR) is 112 cm³/mol. The van der Waals surface area contributed by atoms with Crippen molar-refractivity contribution < 1.29 is 23.1 Å². The summed E-state index contributed by atoms with van der Waals surface area (Å²) in [5.74, 6) is -0.924. The van der Waals surface area contributed by atoms with Gasteiger partial charge >= 0.3 is 12.1 Å². The molecule has 0 aliphatic rings. The number of H-pyrrole nitrogens is 1. The van der Waals surface area contributed by atoms with Gasteiger partial charge in [-0.1, -0.05) is 20.8 Å². The quantitative estimate of drug-likeness (QED) is 0.489. The highest BCUT2D eigenvalue weighted by Gasteiger charge is 2.36. The molecule has 0 saturated heterocycles. The molecule has 2 aromatic carbocycles. The van der Waals surface area contributed by atoms with E-state index in [2.05, 4.69) is 15.3 Å². The number of aromatic nitrogens is 2. The molecule has 3 rings (SSSR count). The van der Waals surface area contributed by atoms with Gasteiger partial charge in [0.2, 0.25) is 0 Å². The first-order chi connectivity index (χ1) is 14.5. The van der Waals surface area contributed by atoms with Crippen LogP contribution in [-0.2, 0) is 6.18 Å². The SMILES string of the molecule is CC[C@H](Nc1ccc(C(=O)O)cc1)c1cc2c(=O)[nH]c(C(C)C)nc2cc1C(F)(F)F. The van der Waals surface area contributed by atoms with Gasteiger partial charge in [-0.15, -0.1) is 0 Å². The largest absolute Gasteiger partial charge is 0.478 e. The Morgan fingerprint density at radius 2 is 1.84 bits per heavy atom. The van der Waals surface area contributed by atoms with Crippen LogP contribution in [-0.4, -0.2) is 21.0 Å². The first-order valence-corrected chi connectivity index (χ1v) is 9.76. The Morgan fingerprint density at radius 3 is 2.35 bits per heavy atom. The molecule has 0 radical (unpaired) electrons. The minimum Gasteiger partial charge on any atom is -0.478 e. The van der Waals surface area contributed by atoms with E-state index in [1.807, 2.05) is 0 Å². The molecule has 3 aromatic rings. The molecular formula is C22H22F3N3O3. The smallest absolute Gasteiger partial charge is 0.416 e. The fourth-order valence-corrected chi connectivity index (χ4v) is 3.34.